The van der Waals surface area contributed by atoms with Gasteiger partial charge in [0.05, 0.1) is 12.8 Å². The molecule has 0 spiro atoms. The van der Waals surface area contributed by atoms with Gasteiger partial charge in [0.15, 0.2) is 0 Å². The Hall–Kier alpha value is -2.56. The lowest BCUT2D eigenvalue weighted by molar-refractivity contribution is 0.265. The number of pyridine rings is 1. The van der Waals surface area contributed by atoms with Gasteiger partial charge in [0, 0.05) is 11.5 Å². The lowest BCUT2D eigenvalue weighted by atomic mass is 10.1. The SMILES string of the molecule is CC(C)COc1nc(Nc2ccn[nH]2)cc2ccccc12. The van der Waals surface area contributed by atoms with E-state index >= 15 is 0 Å². The molecule has 0 bridgehead atoms. The zero-order chi connectivity index (χ0) is 14.7. The summed E-state index contributed by atoms with van der Waals surface area (Å²) >= 11 is 0. The first-order valence-corrected chi connectivity index (χ1v) is 7.01. The summed E-state index contributed by atoms with van der Waals surface area (Å²) in [6, 6.07) is 11.9. The predicted molar refractivity (Wildman–Crippen MR) is 83.9 cm³/mol. The first kappa shape index (κ1) is 13.4. The van der Waals surface area contributed by atoms with Crippen molar-refractivity contribution in [3.05, 3.63) is 42.6 Å². The van der Waals surface area contributed by atoms with Crippen molar-refractivity contribution in [3.63, 3.8) is 0 Å². The molecule has 3 rings (SSSR count). The van der Waals surface area contributed by atoms with E-state index in [4.69, 9.17) is 4.74 Å². The van der Waals surface area contributed by atoms with Crippen LogP contribution < -0.4 is 10.1 Å². The summed E-state index contributed by atoms with van der Waals surface area (Å²) in [6.45, 7) is 4.88. The monoisotopic (exact) mass is 282 g/mol. The lowest BCUT2D eigenvalue weighted by Gasteiger charge is -2.12. The number of nitrogens with one attached hydrogen (secondary N) is 2. The number of benzene rings is 1. The third kappa shape index (κ3) is 3.13. The molecule has 0 atom stereocenters. The molecule has 108 valence electrons. The molecule has 0 aliphatic heterocycles. The van der Waals surface area contributed by atoms with E-state index in [0.717, 1.165) is 22.4 Å². The molecule has 2 aromatic heterocycles. The molecular weight excluding hydrogens is 264 g/mol. The average Bonchev–Trinajstić information content (AvgIpc) is 2.97. The van der Waals surface area contributed by atoms with Crippen molar-refractivity contribution >= 4 is 22.4 Å². The molecule has 0 saturated carbocycles. The Balaban J connectivity index is 1.97. The third-order valence-electron chi connectivity index (χ3n) is 3.02. The van der Waals surface area contributed by atoms with Gasteiger partial charge in [0.2, 0.25) is 5.88 Å². The minimum absolute atomic E-state index is 0.454. The van der Waals surface area contributed by atoms with Crippen LogP contribution in [0.15, 0.2) is 42.6 Å². The van der Waals surface area contributed by atoms with Crippen molar-refractivity contribution in [2.75, 3.05) is 11.9 Å². The van der Waals surface area contributed by atoms with Gasteiger partial charge in [-0.2, -0.15) is 10.1 Å². The van der Waals surface area contributed by atoms with E-state index in [2.05, 4.69) is 40.4 Å². The maximum atomic E-state index is 5.86. The predicted octanol–water partition coefficient (Wildman–Crippen LogP) is 3.74. The van der Waals surface area contributed by atoms with Crippen LogP contribution in [0.25, 0.3) is 10.8 Å². The van der Waals surface area contributed by atoms with Crippen LogP contribution in [0.2, 0.25) is 0 Å². The molecule has 0 radical (unpaired) electrons. The number of ether oxygens (including phenoxy) is 1. The van der Waals surface area contributed by atoms with Crippen molar-refractivity contribution in [1.29, 1.82) is 0 Å². The topological polar surface area (TPSA) is 62.8 Å². The molecule has 0 aliphatic carbocycles. The zero-order valence-corrected chi connectivity index (χ0v) is 12.1. The van der Waals surface area contributed by atoms with Gasteiger partial charge in [-0.15, -0.1) is 0 Å². The van der Waals surface area contributed by atoms with Gasteiger partial charge < -0.3 is 10.1 Å². The summed E-state index contributed by atoms with van der Waals surface area (Å²) in [5, 5.41) is 12.1. The summed E-state index contributed by atoms with van der Waals surface area (Å²) in [5.41, 5.74) is 0. The Morgan fingerprint density at radius 2 is 2.10 bits per heavy atom. The highest BCUT2D eigenvalue weighted by Gasteiger charge is 2.08. The Morgan fingerprint density at radius 3 is 2.86 bits per heavy atom. The summed E-state index contributed by atoms with van der Waals surface area (Å²) in [7, 11) is 0. The van der Waals surface area contributed by atoms with Crippen LogP contribution in [0.3, 0.4) is 0 Å². The fourth-order valence-corrected chi connectivity index (χ4v) is 2.05. The molecule has 21 heavy (non-hydrogen) atoms. The maximum absolute atomic E-state index is 5.86. The second-order valence-corrected chi connectivity index (χ2v) is 5.33. The number of hydrogen-bond donors (Lipinski definition) is 2. The first-order valence-electron chi connectivity index (χ1n) is 7.01. The molecule has 0 aliphatic rings. The highest BCUT2D eigenvalue weighted by molar-refractivity contribution is 5.89. The summed E-state index contributed by atoms with van der Waals surface area (Å²) in [5.74, 6) is 2.64. The molecule has 5 nitrogen and oxygen atoms in total. The van der Waals surface area contributed by atoms with E-state index in [1.807, 2.05) is 30.3 Å². The molecule has 1 aromatic carbocycles. The van der Waals surface area contributed by atoms with E-state index in [1.54, 1.807) is 6.20 Å². The Kier molecular flexibility index (Phi) is 3.73. The minimum atomic E-state index is 0.454. The van der Waals surface area contributed by atoms with E-state index in [1.165, 1.54) is 0 Å². The van der Waals surface area contributed by atoms with E-state index in [9.17, 15) is 0 Å². The normalized spacial score (nSPS) is 11.0. The van der Waals surface area contributed by atoms with Gasteiger partial charge >= 0.3 is 0 Å². The number of aromatic nitrogens is 3. The van der Waals surface area contributed by atoms with Crippen LogP contribution in [0, 0.1) is 5.92 Å². The van der Waals surface area contributed by atoms with Crippen molar-refractivity contribution in [1.82, 2.24) is 15.2 Å². The Labute approximate surface area is 123 Å². The van der Waals surface area contributed by atoms with Gasteiger partial charge in [-0.1, -0.05) is 32.0 Å². The fourth-order valence-electron chi connectivity index (χ4n) is 2.05. The number of anilines is 2. The van der Waals surface area contributed by atoms with Crippen molar-refractivity contribution in [2.24, 2.45) is 5.92 Å². The van der Waals surface area contributed by atoms with Crippen LogP contribution in [0.5, 0.6) is 5.88 Å². The minimum Gasteiger partial charge on any atom is -0.477 e. The number of hydrogen-bond acceptors (Lipinski definition) is 4. The number of aromatic amines is 1. The molecular formula is C16H18N4O. The van der Waals surface area contributed by atoms with Crippen molar-refractivity contribution < 1.29 is 4.74 Å². The van der Waals surface area contributed by atoms with E-state index in [-0.39, 0.29) is 0 Å². The van der Waals surface area contributed by atoms with Crippen LogP contribution in [0.1, 0.15) is 13.8 Å². The number of nitrogens with zero attached hydrogens (tertiary/aromatic N) is 2. The average molecular weight is 282 g/mol. The number of fused-ring (bicyclic) bond motifs is 1. The molecule has 2 heterocycles. The Morgan fingerprint density at radius 1 is 1.24 bits per heavy atom. The molecule has 2 N–H and O–H groups in total. The first-order chi connectivity index (χ1) is 10.2. The third-order valence-corrected chi connectivity index (χ3v) is 3.02. The smallest absolute Gasteiger partial charge is 0.223 e. The van der Waals surface area contributed by atoms with Crippen LogP contribution >= 0.6 is 0 Å². The zero-order valence-electron chi connectivity index (χ0n) is 12.1. The van der Waals surface area contributed by atoms with Gasteiger partial charge in [-0.25, -0.2) is 0 Å². The Bertz CT molecular complexity index is 722. The van der Waals surface area contributed by atoms with Crippen LogP contribution in [0.4, 0.5) is 11.6 Å². The van der Waals surface area contributed by atoms with Crippen LogP contribution in [-0.2, 0) is 0 Å². The van der Waals surface area contributed by atoms with Gasteiger partial charge in [-0.05, 0) is 23.4 Å². The molecule has 0 unspecified atom stereocenters. The second kappa shape index (κ2) is 5.83. The summed E-state index contributed by atoms with van der Waals surface area (Å²) < 4.78 is 5.86. The van der Waals surface area contributed by atoms with Gasteiger partial charge in [0.25, 0.3) is 0 Å². The van der Waals surface area contributed by atoms with Crippen LogP contribution in [-0.4, -0.2) is 21.8 Å². The van der Waals surface area contributed by atoms with Crippen molar-refractivity contribution in [3.8, 4) is 5.88 Å². The number of rotatable bonds is 5. The van der Waals surface area contributed by atoms with E-state index < -0.39 is 0 Å². The molecule has 0 saturated heterocycles. The highest BCUT2D eigenvalue weighted by Crippen LogP contribution is 2.27. The van der Waals surface area contributed by atoms with E-state index in [0.29, 0.717) is 18.4 Å². The number of H-pyrrole nitrogens is 1. The summed E-state index contributed by atoms with van der Waals surface area (Å²) in [6.07, 6.45) is 1.69. The summed E-state index contributed by atoms with van der Waals surface area (Å²) in [4.78, 5) is 4.57. The molecule has 0 amide bonds. The maximum Gasteiger partial charge on any atom is 0.223 e. The molecule has 3 aromatic rings. The largest absolute Gasteiger partial charge is 0.477 e. The lowest BCUT2D eigenvalue weighted by Crippen LogP contribution is -2.07. The molecule has 5 heteroatoms. The van der Waals surface area contributed by atoms with Crippen molar-refractivity contribution in [2.45, 2.75) is 13.8 Å². The fraction of sp³-hybridized carbons (Fsp3) is 0.250. The standard InChI is InChI=1S/C16H18N4O/c1-11(2)10-21-16-13-6-4-3-5-12(13)9-15(19-16)18-14-7-8-17-20-14/h3-9,11H,10H2,1-2H3,(H2,17,18,19,20). The second-order valence-electron chi connectivity index (χ2n) is 5.33. The quantitative estimate of drug-likeness (QED) is 0.748. The van der Waals surface area contributed by atoms with Gasteiger partial charge in [0.1, 0.15) is 11.6 Å². The molecule has 0 fully saturated rings. The van der Waals surface area contributed by atoms with Gasteiger partial charge in [-0.3, -0.25) is 5.10 Å². The highest BCUT2D eigenvalue weighted by atomic mass is 16.5.